The van der Waals surface area contributed by atoms with E-state index in [9.17, 15) is 0 Å². The van der Waals surface area contributed by atoms with Crippen LogP contribution in [0.5, 0.6) is 0 Å². The lowest BCUT2D eigenvalue weighted by atomic mass is 10.1. The number of nitrogens with two attached hydrogens (primary N) is 1. The van der Waals surface area contributed by atoms with Crippen molar-refractivity contribution >= 4 is 0 Å². The van der Waals surface area contributed by atoms with E-state index in [1.807, 2.05) is 6.07 Å². The monoisotopic (exact) mass is 182 g/mol. The van der Waals surface area contributed by atoms with Crippen molar-refractivity contribution in [3.8, 4) is 0 Å². The number of aromatic nitrogens is 1. The lowest BCUT2D eigenvalue weighted by Crippen LogP contribution is -2.12. The maximum atomic E-state index is 8.74. The standard InChI is InChI=1S/C9H14N2O2/c10-9(3-4-12)7-1-2-8(6-13)11-5-7/h1-2,5,9,12-13H,3-4,6,10H2/t9-/m0/s1. The molecule has 0 radical (unpaired) electrons. The quantitative estimate of drug-likeness (QED) is 0.610. The molecule has 0 aliphatic rings. The van der Waals surface area contributed by atoms with Gasteiger partial charge in [-0.1, -0.05) is 6.07 Å². The van der Waals surface area contributed by atoms with Crippen molar-refractivity contribution in [2.24, 2.45) is 5.73 Å². The molecule has 0 unspecified atom stereocenters. The molecule has 0 spiro atoms. The fraction of sp³-hybridized carbons (Fsp3) is 0.444. The Hall–Kier alpha value is -0.970. The fourth-order valence-corrected chi connectivity index (χ4v) is 1.05. The van der Waals surface area contributed by atoms with Crippen LogP contribution in [-0.4, -0.2) is 21.8 Å². The molecule has 0 bridgehead atoms. The Morgan fingerprint density at radius 1 is 1.38 bits per heavy atom. The minimum atomic E-state index is -0.176. The van der Waals surface area contributed by atoms with E-state index in [4.69, 9.17) is 15.9 Å². The molecule has 4 nitrogen and oxygen atoms in total. The smallest absolute Gasteiger partial charge is 0.0852 e. The van der Waals surface area contributed by atoms with Gasteiger partial charge < -0.3 is 15.9 Å². The number of rotatable bonds is 4. The van der Waals surface area contributed by atoms with Crippen LogP contribution < -0.4 is 5.73 Å². The van der Waals surface area contributed by atoms with E-state index in [-0.39, 0.29) is 19.3 Å². The summed E-state index contributed by atoms with van der Waals surface area (Å²) >= 11 is 0. The second kappa shape index (κ2) is 4.91. The van der Waals surface area contributed by atoms with E-state index in [1.165, 1.54) is 0 Å². The van der Waals surface area contributed by atoms with Gasteiger partial charge in [-0.05, 0) is 18.1 Å². The molecule has 4 N–H and O–H groups in total. The molecule has 1 aromatic rings. The highest BCUT2D eigenvalue weighted by atomic mass is 16.3. The van der Waals surface area contributed by atoms with Gasteiger partial charge in [-0.15, -0.1) is 0 Å². The zero-order valence-corrected chi connectivity index (χ0v) is 7.35. The molecule has 4 heteroatoms. The molecule has 0 aliphatic heterocycles. The molecule has 13 heavy (non-hydrogen) atoms. The summed E-state index contributed by atoms with van der Waals surface area (Å²) in [6, 6.07) is 3.37. The third-order valence-electron chi connectivity index (χ3n) is 1.88. The summed E-state index contributed by atoms with van der Waals surface area (Å²) in [4.78, 5) is 3.99. The van der Waals surface area contributed by atoms with E-state index < -0.39 is 0 Å². The first kappa shape index (κ1) is 10.1. The van der Waals surface area contributed by atoms with Gasteiger partial charge in [0.05, 0.1) is 12.3 Å². The number of aliphatic hydroxyl groups is 2. The Balaban J connectivity index is 2.67. The summed E-state index contributed by atoms with van der Waals surface area (Å²) in [6.07, 6.45) is 2.16. The maximum absolute atomic E-state index is 8.74. The summed E-state index contributed by atoms with van der Waals surface area (Å²) in [5.41, 5.74) is 7.24. The first-order chi connectivity index (χ1) is 6.27. The highest BCUT2D eigenvalue weighted by molar-refractivity contribution is 5.16. The molecule has 0 saturated carbocycles. The lowest BCUT2D eigenvalue weighted by Gasteiger charge is -2.09. The van der Waals surface area contributed by atoms with Gasteiger partial charge in [0.15, 0.2) is 0 Å². The third kappa shape index (κ3) is 2.77. The van der Waals surface area contributed by atoms with Crippen molar-refractivity contribution in [1.82, 2.24) is 4.98 Å². The predicted octanol–water partition coefficient (Wildman–Crippen LogP) is -0.0439. The summed E-state index contributed by atoms with van der Waals surface area (Å²) in [6.45, 7) is 0.0123. The SMILES string of the molecule is N[C@@H](CCO)c1ccc(CO)nc1. The number of hydrogen-bond donors (Lipinski definition) is 3. The van der Waals surface area contributed by atoms with Gasteiger partial charge in [0, 0.05) is 18.8 Å². The Morgan fingerprint density at radius 3 is 2.62 bits per heavy atom. The number of pyridine rings is 1. The normalized spacial score (nSPS) is 12.8. The van der Waals surface area contributed by atoms with E-state index >= 15 is 0 Å². The summed E-state index contributed by atoms with van der Waals surface area (Å²) in [7, 11) is 0. The van der Waals surface area contributed by atoms with Crippen LogP contribution in [0.4, 0.5) is 0 Å². The predicted molar refractivity (Wildman–Crippen MR) is 48.8 cm³/mol. The molecular weight excluding hydrogens is 168 g/mol. The third-order valence-corrected chi connectivity index (χ3v) is 1.88. The van der Waals surface area contributed by atoms with Crippen LogP contribution in [-0.2, 0) is 6.61 Å². The minimum absolute atomic E-state index is 0.0600. The van der Waals surface area contributed by atoms with Gasteiger partial charge in [0.25, 0.3) is 0 Å². The summed E-state index contributed by atoms with van der Waals surface area (Å²) < 4.78 is 0. The minimum Gasteiger partial charge on any atom is -0.396 e. The number of hydrogen-bond acceptors (Lipinski definition) is 4. The lowest BCUT2D eigenvalue weighted by molar-refractivity contribution is 0.274. The molecule has 0 saturated heterocycles. The highest BCUT2D eigenvalue weighted by Gasteiger charge is 2.04. The van der Waals surface area contributed by atoms with Crippen molar-refractivity contribution in [3.05, 3.63) is 29.6 Å². The van der Waals surface area contributed by atoms with E-state index in [2.05, 4.69) is 4.98 Å². The van der Waals surface area contributed by atoms with Gasteiger partial charge in [-0.2, -0.15) is 0 Å². The van der Waals surface area contributed by atoms with Crippen molar-refractivity contribution in [1.29, 1.82) is 0 Å². The van der Waals surface area contributed by atoms with E-state index in [0.717, 1.165) is 5.56 Å². The van der Waals surface area contributed by atoms with Gasteiger partial charge in [-0.3, -0.25) is 4.98 Å². The van der Waals surface area contributed by atoms with E-state index in [0.29, 0.717) is 12.1 Å². The summed E-state index contributed by atoms with van der Waals surface area (Å²) in [5.74, 6) is 0. The van der Waals surface area contributed by atoms with Crippen molar-refractivity contribution in [2.75, 3.05) is 6.61 Å². The molecule has 0 aromatic carbocycles. The molecule has 1 heterocycles. The molecule has 1 rings (SSSR count). The maximum Gasteiger partial charge on any atom is 0.0852 e. The molecule has 1 aromatic heterocycles. The van der Waals surface area contributed by atoms with Crippen LogP contribution in [0.1, 0.15) is 23.7 Å². The van der Waals surface area contributed by atoms with Crippen LogP contribution in [0.3, 0.4) is 0 Å². The second-order valence-corrected chi connectivity index (χ2v) is 2.86. The van der Waals surface area contributed by atoms with Crippen LogP contribution >= 0.6 is 0 Å². The Bertz CT molecular complexity index is 248. The van der Waals surface area contributed by atoms with Crippen LogP contribution in [0, 0.1) is 0 Å². The average molecular weight is 182 g/mol. The molecule has 0 amide bonds. The molecular formula is C9H14N2O2. The van der Waals surface area contributed by atoms with Crippen LogP contribution in [0.25, 0.3) is 0 Å². The van der Waals surface area contributed by atoms with Gasteiger partial charge in [0.1, 0.15) is 0 Å². The number of nitrogens with zero attached hydrogens (tertiary/aromatic N) is 1. The summed E-state index contributed by atoms with van der Waals surface area (Å²) in [5, 5.41) is 17.4. The van der Waals surface area contributed by atoms with Gasteiger partial charge in [0.2, 0.25) is 0 Å². The largest absolute Gasteiger partial charge is 0.396 e. The first-order valence-corrected chi connectivity index (χ1v) is 4.20. The average Bonchev–Trinajstić information content (AvgIpc) is 2.18. The second-order valence-electron chi connectivity index (χ2n) is 2.86. The molecule has 0 fully saturated rings. The Kier molecular flexibility index (Phi) is 3.82. The van der Waals surface area contributed by atoms with Gasteiger partial charge in [-0.25, -0.2) is 0 Å². The Morgan fingerprint density at radius 2 is 2.15 bits per heavy atom. The highest BCUT2D eigenvalue weighted by Crippen LogP contribution is 2.12. The first-order valence-electron chi connectivity index (χ1n) is 4.20. The topological polar surface area (TPSA) is 79.4 Å². The van der Waals surface area contributed by atoms with Crippen molar-refractivity contribution in [2.45, 2.75) is 19.1 Å². The number of aliphatic hydroxyl groups excluding tert-OH is 2. The Labute approximate surface area is 77.0 Å². The molecule has 72 valence electrons. The molecule has 1 atom stereocenters. The van der Waals surface area contributed by atoms with Crippen molar-refractivity contribution in [3.63, 3.8) is 0 Å². The van der Waals surface area contributed by atoms with Gasteiger partial charge >= 0.3 is 0 Å². The zero-order valence-electron chi connectivity index (χ0n) is 7.35. The fourth-order valence-electron chi connectivity index (χ4n) is 1.05. The van der Waals surface area contributed by atoms with Crippen LogP contribution in [0.2, 0.25) is 0 Å². The van der Waals surface area contributed by atoms with Crippen molar-refractivity contribution < 1.29 is 10.2 Å². The van der Waals surface area contributed by atoms with Crippen LogP contribution in [0.15, 0.2) is 18.3 Å². The zero-order chi connectivity index (χ0) is 9.68. The van der Waals surface area contributed by atoms with E-state index in [1.54, 1.807) is 12.3 Å². The molecule has 0 aliphatic carbocycles.